The largest absolute Gasteiger partial charge is 0.364 e. The molecule has 0 saturated heterocycles. The summed E-state index contributed by atoms with van der Waals surface area (Å²) in [5.74, 6) is -0.0879. The number of carbonyl (C=O) groups excluding carboxylic acids is 1. The molecule has 0 aliphatic rings. The fraction of sp³-hybridized carbons (Fsp3) is 0.409. The van der Waals surface area contributed by atoms with Crippen LogP contribution in [0.2, 0.25) is 0 Å². The second kappa shape index (κ2) is 10.7. The summed E-state index contributed by atoms with van der Waals surface area (Å²) < 4.78 is 5.66. The first kappa shape index (κ1) is 20.1. The van der Waals surface area contributed by atoms with Gasteiger partial charge in [-0.3, -0.25) is 9.69 Å². The van der Waals surface area contributed by atoms with Crippen molar-refractivity contribution in [1.82, 2.24) is 10.2 Å². The topological polar surface area (TPSA) is 41.6 Å². The van der Waals surface area contributed by atoms with Gasteiger partial charge in [-0.1, -0.05) is 68.4 Å². The summed E-state index contributed by atoms with van der Waals surface area (Å²) in [6.45, 7) is 10.1. The maximum atomic E-state index is 12.2. The Morgan fingerprint density at radius 1 is 1.00 bits per heavy atom. The summed E-state index contributed by atoms with van der Waals surface area (Å²) in [6, 6.07) is 18.3. The van der Waals surface area contributed by atoms with Gasteiger partial charge in [0.05, 0.1) is 6.61 Å². The van der Waals surface area contributed by atoms with Crippen LogP contribution in [-0.4, -0.2) is 30.0 Å². The highest BCUT2D eigenvalue weighted by molar-refractivity contribution is 5.80. The van der Waals surface area contributed by atoms with Crippen LogP contribution in [0, 0.1) is 0 Å². The van der Waals surface area contributed by atoms with E-state index in [9.17, 15) is 4.79 Å². The zero-order valence-corrected chi connectivity index (χ0v) is 16.1. The molecule has 0 aromatic heterocycles. The molecular weight excluding hydrogens is 324 g/mol. The lowest BCUT2D eigenvalue weighted by atomic mass is 10.1. The first-order chi connectivity index (χ1) is 12.6. The van der Waals surface area contributed by atoms with Crippen LogP contribution >= 0.6 is 0 Å². The van der Waals surface area contributed by atoms with Gasteiger partial charge in [0, 0.05) is 13.1 Å². The summed E-state index contributed by atoms with van der Waals surface area (Å²) >= 11 is 0. The molecule has 2 rings (SSSR count). The van der Waals surface area contributed by atoms with Crippen molar-refractivity contribution in [2.24, 2.45) is 0 Å². The first-order valence-corrected chi connectivity index (χ1v) is 9.35. The van der Waals surface area contributed by atoms with Crippen LogP contribution in [0.3, 0.4) is 0 Å². The van der Waals surface area contributed by atoms with Crippen molar-refractivity contribution < 1.29 is 9.53 Å². The average molecular weight is 354 g/mol. The van der Waals surface area contributed by atoms with Gasteiger partial charge in [0.25, 0.3) is 0 Å². The van der Waals surface area contributed by atoms with Crippen LogP contribution in [0.5, 0.6) is 0 Å². The fourth-order valence-electron chi connectivity index (χ4n) is 2.75. The monoisotopic (exact) mass is 354 g/mol. The van der Waals surface area contributed by atoms with Crippen LogP contribution in [0.4, 0.5) is 0 Å². The van der Waals surface area contributed by atoms with Crippen molar-refractivity contribution in [1.29, 1.82) is 0 Å². The molecule has 0 spiro atoms. The predicted molar refractivity (Wildman–Crippen MR) is 106 cm³/mol. The van der Waals surface area contributed by atoms with E-state index in [2.05, 4.69) is 42.3 Å². The smallest absolute Gasteiger partial charge is 0.249 e. The second-order valence-corrected chi connectivity index (χ2v) is 6.44. The molecule has 1 N–H and O–H groups in total. The zero-order valence-electron chi connectivity index (χ0n) is 16.1. The Kier molecular flexibility index (Phi) is 8.32. The number of hydrogen-bond donors (Lipinski definition) is 1. The normalized spacial score (nSPS) is 12.2. The van der Waals surface area contributed by atoms with Crippen molar-refractivity contribution in [3.05, 3.63) is 71.3 Å². The Bertz CT molecular complexity index is 669. The van der Waals surface area contributed by atoms with Gasteiger partial charge in [0.1, 0.15) is 6.10 Å². The van der Waals surface area contributed by atoms with Gasteiger partial charge in [0.2, 0.25) is 5.91 Å². The summed E-state index contributed by atoms with van der Waals surface area (Å²) in [4.78, 5) is 14.6. The molecular formula is C22H30N2O2. The summed E-state index contributed by atoms with van der Waals surface area (Å²) in [5, 5.41) is 2.97. The Labute approximate surface area is 157 Å². The molecule has 0 fully saturated rings. The maximum absolute atomic E-state index is 12.2. The summed E-state index contributed by atoms with van der Waals surface area (Å²) in [7, 11) is 0. The second-order valence-electron chi connectivity index (χ2n) is 6.44. The lowest BCUT2D eigenvalue weighted by Gasteiger charge is -2.18. The van der Waals surface area contributed by atoms with Crippen molar-refractivity contribution >= 4 is 5.91 Å². The maximum Gasteiger partial charge on any atom is 0.249 e. The van der Waals surface area contributed by atoms with Gasteiger partial charge in [-0.05, 0) is 36.7 Å². The van der Waals surface area contributed by atoms with E-state index in [1.54, 1.807) is 6.92 Å². The van der Waals surface area contributed by atoms with Crippen molar-refractivity contribution in [2.75, 3.05) is 13.1 Å². The van der Waals surface area contributed by atoms with Crippen LogP contribution < -0.4 is 5.32 Å². The number of benzene rings is 2. The molecule has 0 radical (unpaired) electrons. The average Bonchev–Trinajstić information content (AvgIpc) is 2.69. The highest BCUT2D eigenvalue weighted by Crippen LogP contribution is 2.09. The highest BCUT2D eigenvalue weighted by Gasteiger charge is 2.13. The van der Waals surface area contributed by atoms with E-state index < -0.39 is 6.10 Å². The Hall–Kier alpha value is -2.17. The van der Waals surface area contributed by atoms with Gasteiger partial charge in [-0.15, -0.1) is 0 Å². The van der Waals surface area contributed by atoms with Crippen molar-refractivity contribution in [2.45, 2.75) is 46.6 Å². The fourth-order valence-corrected chi connectivity index (χ4v) is 2.75. The Balaban J connectivity index is 1.80. The van der Waals surface area contributed by atoms with E-state index in [0.29, 0.717) is 13.2 Å². The standard InChI is InChI=1S/C22H30N2O2/c1-4-24(5-2)16-21-13-9-12-20(14-21)15-23-22(25)18(3)26-17-19-10-7-6-8-11-19/h6-14,18H,4-5,15-17H2,1-3H3,(H,23,25). The third-order valence-corrected chi connectivity index (χ3v) is 4.47. The van der Waals surface area contributed by atoms with Crippen LogP contribution in [-0.2, 0) is 29.2 Å². The number of amides is 1. The molecule has 0 saturated carbocycles. The van der Waals surface area contributed by atoms with Gasteiger partial charge in [-0.2, -0.15) is 0 Å². The van der Waals surface area contributed by atoms with E-state index in [4.69, 9.17) is 4.74 Å². The van der Waals surface area contributed by atoms with Gasteiger partial charge < -0.3 is 10.1 Å². The lowest BCUT2D eigenvalue weighted by Crippen LogP contribution is -2.34. The van der Waals surface area contributed by atoms with Crippen molar-refractivity contribution in [3.8, 4) is 0 Å². The highest BCUT2D eigenvalue weighted by atomic mass is 16.5. The number of nitrogens with zero attached hydrogens (tertiary/aromatic N) is 1. The van der Waals surface area contributed by atoms with Crippen LogP contribution in [0.25, 0.3) is 0 Å². The van der Waals surface area contributed by atoms with E-state index in [-0.39, 0.29) is 5.91 Å². The molecule has 2 aromatic rings. The third-order valence-electron chi connectivity index (χ3n) is 4.47. The minimum absolute atomic E-state index is 0.0879. The number of carbonyl (C=O) groups is 1. The number of nitrogens with one attached hydrogen (secondary N) is 1. The molecule has 0 bridgehead atoms. The van der Waals surface area contributed by atoms with Gasteiger partial charge >= 0.3 is 0 Å². The Morgan fingerprint density at radius 2 is 1.65 bits per heavy atom. The van der Waals surface area contributed by atoms with Crippen molar-refractivity contribution in [3.63, 3.8) is 0 Å². The molecule has 0 heterocycles. The quantitative estimate of drug-likeness (QED) is 0.706. The van der Waals surface area contributed by atoms with Gasteiger partial charge in [-0.25, -0.2) is 0 Å². The molecule has 0 aliphatic carbocycles. The molecule has 1 amide bonds. The molecule has 4 heteroatoms. The number of rotatable bonds is 10. The lowest BCUT2D eigenvalue weighted by molar-refractivity contribution is -0.132. The SMILES string of the molecule is CCN(CC)Cc1cccc(CNC(=O)C(C)OCc2ccccc2)c1. The van der Waals surface area contributed by atoms with E-state index >= 15 is 0 Å². The predicted octanol–water partition coefficient (Wildman–Crippen LogP) is 3.75. The van der Waals surface area contributed by atoms with E-state index in [1.807, 2.05) is 36.4 Å². The molecule has 4 nitrogen and oxygen atoms in total. The van der Waals surface area contributed by atoms with E-state index in [1.165, 1.54) is 5.56 Å². The molecule has 1 atom stereocenters. The van der Waals surface area contributed by atoms with Gasteiger partial charge in [0.15, 0.2) is 0 Å². The van der Waals surface area contributed by atoms with Crippen LogP contribution in [0.1, 0.15) is 37.5 Å². The minimum atomic E-state index is -0.478. The van der Waals surface area contributed by atoms with Crippen LogP contribution in [0.15, 0.2) is 54.6 Å². The Morgan fingerprint density at radius 3 is 2.35 bits per heavy atom. The molecule has 26 heavy (non-hydrogen) atoms. The molecule has 140 valence electrons. The zero-order chi connectivity index (χ0) is 18.8. The summed E-state index contributed by atoms with van der Waals surface area (Å²) in [6.07, 6.45) is -0.478. The first-order valence-electron chi connectivity index (χ1n) is 9.35. The molecule has 0 aliphatic heterocycles. The number of hydrogen-bond acceptors (Lipinski definition) is 3. The minimum Gasteiger partial charge on any atom is -0.364 e. The third kappa shape index (κ3) is 6.62. The number of ether oxygens (including phenoxy) is 1. The summed E-state index contributed by atoms with van der Waals surface area (Å²) in [5.41, 5.74) is 3.45. The molecule has 1 unspecified atom stereocenters. The molecule has 2 aromatic carbocycles. The van der Waals surface area contributed by atoms with E-state index in [0.717, 1.165) is 30.8 Å².